The van der Waals surface area contributed by atoms with Crippen LogP contribution < -0.4 is 5.73 Å². The Kier molecular flexibility index (Phi) is 3.47. The van der Waals surface area contributed by atoms with Gasteiger partial charge in [-0.05, 0) is 20.3 Å². The van der Waals surface area contributed by atoms with E-state index in [1.54, 1.807) is 4.68 Å². The molecule has 0 aromatic carbocycles. The summed E-state index contributed by atoms with van der Waals surface area (Å²) in [4.78, 5) is 0. The molecule has 0 saturated heterocycles. The van der Waals surface area contributed by atoms with E-state index in [1.165, 1.54) is 0 Å². The fraction of sp³-hybridized carbons (Fsp3) is 0.583. The molecule has 0 bridgehead atoms. The molecule has 0 spiro atoms. The minimum Gasteiger partial charge on any atom is -0.324 e. The van der Waals surface area contributed by atoms with Crippen LogP contribution in [0, 0.1) is 13.8 Å². The molecule has 6 nitrogen and oxygen atoms in total. The molecule has 18 heavy (non-hydrogen) atoms. The van der Waals surface area contributed by atoms with Crippen LogP contribution in [0.25, 0.3) is 0 Å². The molecule has 6 heteroatoms. The van der Waals surface area contributed by atoms with Crippen LogP contribution in [0.3, 0.4) is 0 Å². The second-order valence-electron chi connectivity index (χ2n) is 4.64. The average Bonchev–Trinajstić information content (AvgIpc) is 2.84. The third-order valence-electron chi connectivity index (χ3n) is 3.21. The number of aryl methyl sites for hydroxylation is 2. The van der Waals surface area contributed by atoms with E-state index in [-0.39, 0.29) is 6.04 Å². The van der Waals surface area contributed by atoms with Crippen molar-refractivity contribution in [3.63, 3.8) is 0 Å². The van der Waals surface area contributed by atoms with Crippen molar-refractivity contribution in [3.05, 3.63) is 28.8 Å². The average molecular weight is 248 g/mol. The normalized spacial score (nSPS) is 12.9. The van der Waals surface area contributed by atoms with Crippen molar-refractivity contribution >= 4 is 0 Å². The van der Waals surface area contributed by atoms with Crippen molar-refractivity contribution in [1.82, 2.24) is 24.8 Å². The Morgan fingerprint density at radius 2 is 2.11 bits per heavy atom. The van der Waals surface area contributed by atoms with Crippen molar-refractivity contribution in [2.75, 3.05) is 0 Å². The molecule has 2 N–H and O–H groups in total. The zero-order chi connectivity index (χ0) is 13.3. The second kappa shape index (κ2) is 4.89. The van der Waals surface area contributed by atoms with E-state index >= 15 is 0 Å². The van der Waals surface area contributed by atoms with E-state index in [0.29, 0.717) is 6.54 Å². The molecule has 0 aliphatic rings. The SMILES string of the molecule is CCC(N)c1c(C)nn(Cc2cn(C)nn2)c1C. The van der Waals surface area contributed by atoms with Crippen LogP contribution in [0.1, 0.15) is 42.0 Å². The van der Waals surface area contributed by atoms with E-state index < -0.39 is 0 Å². The van der Waals surface area contributed by atoms with Crippen molar-refractivity contribution in [1.29, 1.82) is 0 Å². The van der Waals surface area contributed by atoms with Gasteiger partial charge in [-0.2, -0.15) is 5.10 Å². The lowest BCUT2D eigenvalue weighted by Crippen LogP contribution is -2.11. The molecule has 98 valence electrons. The summed E-state index contributed by atoms with van der Waals surface area (Å²) in [5.41, 5.74) is 10.3. The summed E-state index contributed by atoms with van der Waals surface area (Å²) >= 11 is 0. The van der Waals surface area contributed by atoms with Gasteiger partial charge in [0, 0.05) is 30.5 Å². The number of aromatic nitrogens is 5. The number of rotatable bonds is 4. The highest BCUT2D eigenvalue weighted by molar-refractivity contribution is 5.28. The number of nitrogens with two attached hydrogens (primary N) is 1. The smallest absolute Gasteiger partial charge is 0.104 e. The molecular formula is C12H20N6. The highest BCUT2D eigenvalue weighted by Gasteiger charge is 2.17. The molecule has 0 amide bonds. The molecule has 0 aliphatic carbocycles. The van der Waals surface area contributed by atoms with Gasteiger partial charge >= 0.3 is 0 Å². The van der Waals surface area contributed by atoms with E-state index in [4.69, 9.17) is 5.73 Å². The zero-order valence-corrected chi connectivity index (χ0v) is 11.4. The highest BCUT2D eigenvalue weighted by Crippen LogP contribution is 2.22. The van der Waals surface area contributed by atoms with E-state index in [9.17, 15) is 0 Å². The Hall–Kier alpha value is -1.69. The summed E-state index contributed by atoms with van der Waals surface area (Å²) < 4.78 is 3.64. The quantitative estimate of drug-likeness (QED) is 0.878. The van der Waals surface area contributed by atoms with Crippen LogP contribution in [0.15, 0.2) is 6.20 Å². The molecular weight excluding hydrogens is 228 g/mol. The third-order valence-corrected chi connectivity index (χ3v) is 3.21. The van der Waals surface area contributed by atoms with Gasteiger partial charge in [0.2, 0.25) is 0 Å². The first-order valence-corrected chi connectivity index (χ1v) is 6.17. The summed E-state index contributed by atoms with van der Waals surface area (Å²) in [6.45, 7) is 6.78. The van der Waals surface area contributed by atoms with Gasteiger partial charge < -0.3 is 5.73 Å². The molecule has 0 saturated carbocycles. The molecule has 0 aliphatic heterocycles. The molecule has 0 fully saturated rings. The first-order chi connectivity index (χ1) is 8.52. The Morgan fingerprint density at radius 3 is 2.67 bits per heavy atom. The third kappa shape index (κ3) is 2.28. The first kappa shape index (κ1) is 12.8. The fourth-order valence-corrected chi connectivity index (χ4v) is 2.23. The van der Waals surface area contributed by atoms with E-state index in [1.807, 2.05) is 24.9 Å². The first-order valence-electron chi connectivity index (χ1n) is 6.17. The van der Waals surface area contributed by atoms with Crippen molar-refractivity contribution in [3.8, 4) is 0 Å². The van der Waals surface area contributed by atoms with Gasteiger partial charge in [-0.15, -0.1) is 5.10 Å². The van der Waals surface area contributed by atoms with Crippen LogP contribution in [-0.4, -0.2) is 24.8 Å². The maximum absolute atomic E-state index is 6.12. The van der Waals surface area contributed by atoms with E-state index in [2.05, 4.69) is 29.3 Å². The van der Waals surface area contributed by atoms with Crippen molar-refractivity contribution in [2.45, 2.75) is 39.8 Å². The maximum Gasteiger partial charge on any atom is 0.104 e. The van der Waals surface area contributed by atoms with Crippen molar-refractivity contribution < 1.29 is 0 Å². The van der Waals surface area contributed by atoms with Gasteiger partial charge in [-0.3, -0.25) is 9.36 Å². The summed E-state index contributed by atoms with van der Waals surface area (Å²) in [6.07, 6.45) is 2.81. The summed E-state index contributed by atoms with van der Waals surface area (Å²) in [5, 5.41) is 12.5. The molecule has 2 heterocycles. The van der Waals surface area contributed by atoms with Crippen LogP contribution in [0.4, 0.5) is 0 Å². The maximum atomic E-state index is 6.12. The minimum atomic E-state index is 0.0561. The van der Waals surface area contributed by atoms with Crippen LogP contribution in [0.2, 0.25) is 0 Å². The Bertz CT molecular complexity index is 539. The monoisotopic (exact) mass is 248 g/mol. The molecule has 1 atom stereocenters. The minimum absolute atomic E-state index is 0.0561. The predicted octanol–water partition coefficient (Wildman–Crippen LogP) is 1.09. The topological polar surface area (TPSA) is 74.5 Å². The van der Waals surface area contributed by atoms with Crippen molar-refractivity contribution in [2.24, 2.45) is 12.8 Å². The molecule has 1 unspecified atom stereocenters. The zero-order valence-electron chi connectivity index (χ0n) is 11.4. The van der Waals surface area contributed by atoms with E-state index in [0.717, 1.165) is 29.1 Å². The van der Waals surface area contributed by atoms with Gasteiger partial charge in [0.1, 0.15) is 5.69 Å². The summed E-state index contributed by atoms with van der Waals surface area (Å²) in [6, 6.07) is 0.0561. The number of hydrogen-bond donors (Lipinski definition) is 1. The Balaban J connectivity index is 2.29. The van der Waals surface area contributed by atoms with Gasteiger partial charge in [-0.25, -0.2) is 0 Å². The largest absolute Gasteiger partial charge is 0.324 e. The lowest BCUT2D eigenvalue weighted by molar-refractivity contribution is 0.637. The molecule has 2 aromatic rings. The summed E-state index contributed by atoms with van der Waals surface area (Å²) in [5.74, 6) is 0. The number of hydrogen-bond acceptors (Lipinski definition) is 4. The Morgan fingerprint density at radius 1 is 1.39 bits per heavy atom. The van der Waals surface area contributed by atoms with Gasteiger partial charge in [0.15, 0.2) is 0 Å². The van der Waals surface area contributed by atoms with Gasteiger partial charge in [0.05, 0.1) is 12.2 Å². The lowest BCUT2D eigenvalue weighted by Gasteiger charge is -2.09. The van der Waals surface area contributed by atoms with Crippen LogP contribution in [-0.2, 0) is 13.6 Å². The van der Waals surface area contributed by atoms with Gasteiger partial charge in [-0.1, -0.05) is 12.1 Å². The molecule has 2 rings (SSSR count). The van der Waals surface area contributed by atoms with Gasteiger partial charge in [0.25, 0.3) is 0 Å². The standard InChI is InChI=1S/C12H20N6/c1-5-11(13)12-8(2)15-18(9(12)3)7-10-6-17(4)16-14-10/h6,11H,5,7,13H2,1-4H3. The molecule has 2 aromatic heterocycles. The highest BCUT2D eigenvalue weighted by atomic mass is 15.4. The second-order valence-corrected chi connectivity index (χ2v) is 4.64. The van der Waals surface area contributed by atoms with Crippen LogP contribution >= 0.6 is 0 Å². The van der Waals surface area contributed by atoms with Crippen LogP contribution in [0.5, 0.6) is 0 Å². The fourth-order valence-electron chi connectivity index (χ4n) is 2.23. The summed E-state index contributed by atoms with van der Waals surface area (Å²) in [7, 11) is 1.86. The number of nitrogens with zero attached hydrogens (tertiary/aromatic N) is 5. The Labute approximate surface area is 107 Å². The lowest BCUT2D eigenvalue weighted by atomic mass is 10.0. The molecule has 0 radical (unpaired) electrons. The predicted molar refractivity (Wildman–Crippen MR) is 69.0 cm³/mol.